The number of hydrogen-bond acceptors (Lipinski definition) is 5. The van der Waals surface area contributed by atoms with Gasteiger partial charge in [-0.2, -0.15) is 0 Å². The Hall–Kier alpha value is -2.64. The highest BCUT2D eigenvalue weighted by Crippen LogP contribution is 2.39. The number of Topliss-reactive ketones (excluding diaryl/α,β-unsaturated/α-hetero) is 1. The van der Waals surface area contributed by atoms with Crippen LogP contribution < -0.4 is 0 Å². The van der Waals surface area contributed by atoms with Crippen LogP contribution in [-0.4, -0.2) is 41.0 Å². The van der Waals surface area contributed by atoms with Gasteiger partial charge < -0.3 is 19.2 Å². The maximum absolute atomic E-state index is 13.4. The predicted molar refractivity (Wildman–Crippen MR) is 99.8 cm³/mol. The lowest BCUT2D eigenvalue weighted by molar-refractivity contribution is -0.131. The maximum atomic E-state index is 13.4. The second-order valence-electron chi connectivity index (χ2n) is 6.62. The van der Waals surface area contributed by atoms with Crippen molar-refractivity contribution in [3.8, 4) is 0 Å². The van der Waals surface area contributed by atoms with E-state index in [1.807, 2.05) is 0 Å². The lowest BCUT2D eigenvalue weighted by Crippen LogP contribution is -2.37. The first-order valence-electron chi connectivity index (χ1n) is 8.75. The van der Waals surface area contributed by atoms with Gasteiger partial charge in [0.25, 0.3) is 5.91 Å². The Balaban J connectivity index is 0.00000225. The molecule has 2 aromatic rings. The molecule has 2 aliphatic heterocycles. The van der Waals surface area contributed by atoms with Crippen molar-refractivity contribution < 1.29 is 28.2 Å². The summed E-state index contributed by atoms with van der Waals surface area (Å²) in [5.74, 6) is -2.23. The highest BCUT2D eigenvalue weighted by atomic mass is 35.5. The topological polar surface area (TPSA) is 80.0 Å². The van der Waals surface area contributed by atoms with Gasteiger partial charge >= 0.3 is 0 Å². The van der Waals surface area contributed by atoms with E-state index in [1.165, 1.54) is 41.5 Å². The first-order valence-corrected chi connectivity index (χ1v) is 8.75. The van der Waals surface area contributed by atoms with Gasteiger partial charge in [-0.1, -0.05) is 12.1 Å². The molecule has 0 saturated carbocycles. The Morgan fingerprint density at radius 2 is 2.00 bits per heavy atom. The molecular formula is C20H19ClFNO5. The molecule has 3 heterocycles. The summed E-state index contributed by atoms with van der Waals surface area (Å²) in [6.45, 7) is 0.853. The zero-order valence-corrected chi connectivity index (χ0v) is 15.7. The number of benzene rings is 1. The van der Waals surface area contributed by atoms with Crippen LogP contribution in [0, 0.1) is 5.82 Å². The minimum Gasteiger partial charge on any atom is -0.503 e. The lowest BCUT2D eigenvalue weighted by Gasteiger charge is -2.28. The first kappa shape index (κ1) is 20.1. The molecule has 1 aromatic carbocycles. The molecule has 148 valence electrons. The standard InChI is InChI=1S/C20H18FNO5.ClH/c21-13-7-5-12(6-8-13)17-16(18(23)15-4-2-10-27-15)19(24)20(25)22(17)11-14-3-1-9-26-14;/h2,4-8,10,14,17,24H,1,3,9,11H2;1H. The van der Waals surface area contributed by atoms with Crippen molar-refractivity contribution in [1.82, 2.24) is 4.90 Å². The van der Waals surface area contributed by atoms with E-state index in [0.29, 0.717) is 12.2 Å². The molecule has 1 N–H and O–H groups in total. The smallest absolute Gasteiger partial charge is 0.290 e. The van der Waals surface area contributed by atoms with Crippen LogP contribution in [0.5, 0.6) is 0 Å². The number of carbonyl (C=O) groups is 2. The van der Waals surface area contributed by atoms with E-state index in [1.54, 1.807) is 6.07 Å². The normalized spacial score (nSPS) is 21.9. The molecule has 0 spiro atoms. The van der Waals surface area contributed by atoms with Crippen molar-refractivity contribution in [2.75, 3.05) is 13.2 Å². The predicted octanol–water partition coefficient (Wildman–Crippen LogP) is 3.60. The van der Waals surface area contributed by atoms with Crippen molar-refractivity contribution in [3.05, 3.63) is 71.1 Å². The summed E-state index contributed by atoms with van der Waals surface area (Å²) in [6.07, 6.45) is 2.87. The molecule has 4 rings (SSSR count). The van der Waals surface area contributed by atoms with Crippen LogP contribution in [0.2, 0.25) is 0 Å². The van der Waals surface area contributed by atoms with Crippen LogP contribution >= 0.6 is 12.4 Å². The third kappa shape index (κ3) is 3.55. The number of carbonyl (C=O) groups excluding carboxylic acids is 2. The van der Waals surface area contributed by atoms with Crippen molar-refractivity contribution >= 4 is 24.1 Å². The largest absolute Gasteiger partial charge is 0.503 e. The molecule has 2 unspecified atom stereocenters. The van der Waals surface area contributed by atoms with Crippen LogP contribution in [0.3, 0.4) is 0 Å². The van der Waals surface area contributed by atoms with E-state index < -0.39 is 29.3 Å². The number of furan rings is 1. The number of aliphatic hydroxyl groups excluding tert-OH is 1. The van der Waals surface area contributed by atoms with Gasteiger partial charge in [-0.05, 0) is 42.7 Å². The van der Waals surface area contributed by atoms with Gasteiger partial charge in [0.2, 0.25) is 5.78 Å². The monoisotopic (exact) mass is 407 g/mol. The Morgan fingerprint density at radius 1 is 1.25 bits per heavy atom. The SMILES string of the molecule is Cl.O=C(C1=C(O)C(=O)N(CC2CCCO2)C1c1ccc(F)cc1)c1ccco1. The average molecular weight is 408 g/mol. The van der Waals surface area contributed by atoms with Crippen LogP contribution in [0.4, 0.5) is 4.39 Å². The van der Waals surface area contributed by atoms with Crippen molar-refractivity contribution in [3.63, 3.8) is 0 Å². The van der Waals surface area contributed by atoms with Crippen LogP contribution in [0.1, 0.15) is 35.0 Å². The van der Waals surface area contributed by atoms with E-state index in [0.717, 1.165) is 12.8 Å². The summed E-state index contributed by atoms with van der Waals surface area (Å²) in [4.78, 5) is 27.0. The number of hydrogen-bond donors (Lipinski definition) is 1. The molecule has 1 aromatic heterocycles. The molecule has 8 heteroatoms. The zero-order chi connectivity index (χ0) is 19.0. The van der Waals surface area contributed by atoms with Crippen LogP contribution in [0.15, 0.2) is 58.4 Å². The average Bonchev–Trinajstić information content (AvgIpc) is 3.41. The molecule has 0 aliphatic carbocycles. The van der Waals surface area contributed by atoms with Gasteiger partial charge in [-0.3, -0.25) is 9.59 Å². The minimum atomic E-state index is -0.833. The van der Waals surface area contributed by atoms with Crippen molar-refractivity contribution in [1.29, 1.82) is 0 Å². The number of ketones is 1. The summed E-state index contributed by atoms with van der Waals surface area (Å²) in [5, 5.41) is 10.5. The number of ether oxygens (including phenoxy) is 1. The van der Waals surface area contributed by atoms with Gasteiger partial charge in [0, 0.05) is 13.2 Å². The summed E-state index contributed by atoms with van der Waals surface area (Å²) in [7, 11) is 0. The molecule has 0 radical (unpaired) electrons. The highest BCUT2D eigenvalue weighted by Gasteiger charge is 2.45. The van der Waals surface area contributed by atoms with Gasteiger partial charge in [-0.25, -0.2) is 4.39 Å². The van der Waals surface area contributed by atoms with Gasteiger partial charge in [0.1, 0.15) is 5.82 Å². The minimum absolute atomic E-state index is 0. The fourth-order valence-corrected chi connectivity index (χ4v) is 3.61. The molecule has 0 bridgehead atoms. The van der Waals surface area contributed by atoms with E-state index in [-0.39, 0.29) is 36.4 Å². The van der Waals surface area contributed by atoms with E-state index in [4.69, 9.17) is 9.15 Å². The fraction of sp³-hybridized carbons (Fsp3) is 0.300. The lowest BCUT2D eigenvalue weighted by atomic mass is 9.95. The molecule has 28 heavy (non-hydrogen) atoms. The quantitative estimate of drug-likeness (QED) is 0.766. The molecule has 1 saturated heterocycles. The number of aliphatic hydroxyl groups is 1. The summed E-state index contributed by atoms with van der Waals surface area (Å²) >= 11 is 0. The van der Waals surface area contributed by atoms with Crippen molar-refractivity contribution in [2.24, 2.45) is 0 Å². The summed E-state index contributed by atoms with van der Waals surface area (Å²) in [6, 6.07) is 7.71. The zero-order valence-electron chi connectivity index (χ0n) is 14.8. The van der Waals surface area contributed by atoms with Crippen molar-refractivity contribution in [2.45, 2.75) is 25.0 Å². The van der Waals surface area contributed by atoms with Crippen LogP contribution in [0.25, 0.3) is 0 Å². The molecular weight excluding hydrogens is 389 g/mol. The highest BCUT2D eigenvalue weighted by molar-refractivity contribution is 6.15. The molecule has 6 nitrogen and oxygen atoms in total. The Bertz CT molecular complexity index is 888. The molecule has 2 atom stereocenters. The Morgan fingerprint density at radius 3 is 2.61 bits per heavy atom. The number of halogens is 2. The van der Waals surface area contributed by atoms with Crippen LogP contribution in [-0.2, 0) is 9.53 Å². The third-order valence-electron chi connectivity index (χ3n) is 4.90. The first-order chi connectivity index (χ1) is 13.1. The van der Waals surface area contributed by atoms with E-state index in [2.05, 4.69) is 0 Å². The summed E-state index contributed by atoms with van der Waals surface area (Å²) in [5.41, 5.74) is 0.459. The fourth-order valence-electron chi connectivity index (χ4n) is 3.61. The molecule has 2 aliphatic rings. The summed E-state index contributed by atoms with van der Waals surface area (Å²) < 4.78 is 24.2. The molecule has 1 fully saturated rings. The third-order valence-corrected chi connectivity index (χ3v) is 4.90. The Labute approximate surface area is 167 Å². The molecule has 1 amide bonds. The van der Waals surface area contributed by atoms with Gasteiger partial charge in [0.15, 0.2) is 11.5 Å². The second-order valence-corrected chi connectivity index (χ2v) is 6.62. The maximum Gasteiger partial charge on any atom is 0.290 e. The van der Waals surface area contributed by atoms with E-state index >= 15 is 0 Å². The van der Waals surface area contributed by atoms with E-state index in [9.17, 15) is 19.1 Å². The second kappa shape index (κ2) is 8.16. The van der Waals surface area contributed by atoms with Gasteiger partial charge in [-0.15, -0.1) is 12.4 Å². The number of nitrogens with zero attached hydrogens (tertiary/aromatic N) is 1. The Kier molecular flexibility index (Phi) is 5.86. The number of rotatable bonds is 5. The number of amides is 1. The van der Waals surface area contributed by atoms with Gasteiger partial charge in [0.05, 0.1) is 24.0 Å².